The number of aliphatic hydroxyl groups is 2. The maximum absolute atomic E-state index is 11.6. The van der Waals surface area contributed by atoms with Gasteiger partial charge in [0.1, 0.15) is 11.6 Å². The highest BCUT2D eigenvalue weighted by Crippen LogP contribution is 2.31. The first-order valence-corrected chi connectivity index (χ1v) is 8.01. The average Bonchev–Trinajstić information content (AvgIpc) is 2.89. The molecule has 7 heteroatoms. The molecule has 1 aliphatic rings. The third kappa shape index (κ3) is 4.76. The summed E-state index contributed by atoms with van der Waals surface area (Å²) in [6.45, 7) is 4.54. The van der Waals surface area contributed by atoms with E-state index in [1.54, 1.807) is 0 Å². The van der Waals surface area contributed by atoms with E-state index in [1.165, 1.54) is 6.92 Å². The smallest absolute Gasteiger partial charge is 0.320 e. The zero-order chi connectivity index (χ0) is 17.6. The molecule has 0 aliphatic carbocycles. The monoisotopic (exact) mass is 328 g/mol. The van der Waals surface area contributed by atoms with Crippen LogP contribution in [0.5, 0.6) is 0 Å². The van der Waals surface area contributed by atoms with Gasteiger partial charge in [-0.3, -0.25) is 14.9 Å². The number of rotatable bonds is 8. The molecule has 1 aliphatic heterocycles. The third-order valence-electron chi connectivity index (χ3n) is 4.35. The van der Waals surface area contributed by atoms with Crippen LogP contribution in [0.1, 0.15) is 40.0 Å². The number of hydrogen-bond donors (Lipinski definition) is 5. The predicted octanol–water partition coefficient (Wildman–Crippen LogP) is 0.0220. The molecule has 23 heavy (non-hydrogen) atoms. The van der Waals surface area contributed by atoms with Crippen LogP contribution in [-0.2, 0) is 9.59 Å². The van der Waals surface area contributed by atoms with Gasteiger partial charge in [-0.15, -0.1) is 0 Å². The molecular weight excluding hydrogens is 300 g/mol. The molecule has 132 valence electrons. The fraction of sp³-hybridized carbons (Fsp3) is 0.750. The minimum atomic E-state index is -1.51. The summed E-state index contributed by atoms with van der Waals surface area (Å²) in [6.07, 6.45) is 4.99. The van der Waals surface area contributed by atoms with Crippen LogP contribution in [0, 0.1) is 5.92 Å². The molecule has 1 amide bonds. The maximum Gasteiger partial charge on any atom is 0.320 e. The Bertz CT molecular complexity index is 454. The molecule has 0 aromatic heterocycles. The lowest BCUT2D eigenvalue weighted by Crippen LogP contribution is -2.64. The minimum absolute atomic E-state index is 0.159. The largest absolute Gasteiger partial charge is 0.480 e. The SMILES string of the molecule is C/C=C\[C@@H]1C[C@H](C(=O)O)N[C@H]1[C@@H](NC(C)=O)[C@](O)(CO)CCC. The second kappa shape index (κ2) is 8.42. The summed E-state index contributed by atoms with van der Waals surface area (Å²) in [7, 11) is 0. The Morgan fingerprint density at radius 3 is 2.57 bits per heavy atom. The number of carboxylic acid groups (broad SMARTS) is 1. The molecule has 5 N–H and O–H groups in total. The molecule has 0 radical (unpaired) electrons. The third-order valence-corrected chi connectivity index (χ3v) is 4.35. The Morgan fingerprint density at radius 1 is 1.48 bits per heavy atom. The summed E-state index contributed by atoms with van der Waals surface area (Å²) < 4.78 is 0. The van der Waals surface area contributed by atoms with Gasteiger partial charge >= 0.3 is 5.97 Å². The van der Waals surface area contributed by atoms with E-state index in [-0.39, 0.29) is 11.8 Å². The van der Waals surface area contributed by atoms with Gasteiger partial charge in [0, 0.05) is 13.0 Å². The number of aliphatic hydroxyl groups excluding tert-OH is 1. The van der Waals surface area contributed by atoms with Crippen molar-refractivity contribution in [2.24, 2.45) is 5.92 Å². The number of hydrogen-bond acceptors (Lipinski definition) is 5. The zero-order valence-electron chi connectivity index (χ0n) is 14.0. The molecule has 0 aromatic carbocycles. The van der Waals surface area contributed by atoms with Crippen molar-refractivity contribution in [1.82, 2.24) is 10.6 Å². The maximum atomic E-state index is 11.6. The minimum Gasteiger partial charge on any atom is -0.480 e. The topological polar surface area (TPSA) is 119 Å². The highest BCUT2D eigenvalue weighted by molar-refractivity contribution is 5.75. The molecule has 1 heterocycles. The summed E-state index contributed by atoms with van der Waals surface area (Å²) >= 11 is 0. The van der Waals surface area contributed by atoms with Gasteiger partial charge in [0.25, 0.3) is 0 Å². The molecule has 0 bridgehead atoms. The van der Waals surface area contributed by atoms with E-state index in [2.05, 4.69) is 10.6 Å². The van der Waals surface area contributed by atoms with E-state index in [1.807, 2.05) is 26.0 Å². The molecule has 0 unspecified atom stereocenters. The number of nitrogens with one attached hydrogen (secondary N) is 2. The summed E-state index contributed by atoms with van der Waals surface area (Å²) in [5, 5.41) is 35.5. The summed E-state index contributed by atoms with van der Waals surface area (Å²) in [4.78, 5) is 22.9. The van der Waals surface area contributed by atoms with Crippen LogP contribution in [0.3, 0.4) is 0 Å². The standard InChI is InChI=1S/C16H28N2O5/c1-4-6-11-8-12(15(21)22)18-13(11)14(17-10(3)20)16(23,9-19)7-5-2/h4,6,11-14,18-19,23H,5,7-9H2,1-3H3,(H,17,20)(H,21,22)/b6-4-/t11-,12-,13-,14-,16-/m1/s1. The Hall–Kier alpha value is -1.44. The van der Waals surface area contributed by atoms with Gasteiger partial charge in [0.2, 0.25) is 5.91 Å². The lowest BCUT2D eigenvalue weighted by atomic mass is 9.80. The molecule has 0 saturated carbocycles. The number of aliphatic carboxylic acids is 1. The van der Waals surface area contributed by atoms with Crippen LogP contribution >= 0.6 is 0 Å². The number of allylic oxidation sites excluding steroid dienone is 1. The number of carboxylic acids is 1. The lowest BCUT2D eigenvalue weighted by Gasteiger charge is -2.40. The first-order chi connectivity index (χ1) is 10.8. The number of carbonyl (C=O) groups is 2. The fourth-order valence-electron chi connectivity index (χ4n) is 3.35. The molecular formula is C16H28N2O5. The van der Waals surface area contributed by atoms with Crippen LogP contribution < -0.4 is 10.6 Å². The van der Waals surface area contributed by atoms with E-state index >= 15 is 0 Å². The molecule has 1 rings (SSSR count). The van der Waals surface area contributed by atoms with E-state index in [0.29, 0.717) is 19.3 Å². The van der Waals surface area contributed by atoms with Crippen molar-refractivity contribution in [3.05, 3.63) is 12.2 Å². The number of amides is 1. The van der Waals surface area contributed by atoms with Gasteiger partial charge in [0.15, 0.2) is 0 Å². The normalized spacial score (nSPS) is 28.5. The molecule has 1 fully saturated rings. The van der Waals surface area contributed by atoms with Crippen LogP contribution in [0.4, 0.5) is 0 Å². The van der Waals surface area contributed by atoms with Gasteiger partial charge in [0.05, 0.1) is 12.6 Å². The molecule has 1 saturated heterocycles. The van der Waals surface area contributed by atoms with Crippen molar-refractivity contribution in [3.8, 4) is 0 Å². The van der Waals surface area contributed by atoms with Crippen molar-refractivity contribution in [2.75, 3.05) is 6.61 Å². The van der Waals surface area contributed by atoms with Crippen molar-refractivity contribution >= 4 is 11.9 Å². The van der Waals surface area contributed by atoms with E-state index in [9.17, 15) is 24.9 Å². The van der Waals surface area contributed by atoms with Gasteiger partial charge in [-0.2, -0.15) is 0 Å². The average molecular weight is 328 g/mol. The highest BCUT2D eigenvalue weighted by Gasteiger charge is 2.48. The zero-order valence-corrected chi connectivity index (χ0v) is 14.0. The van der Waals surface area contributed by atoms with Gasteiger partial charge < -0.3 is 20.6 Å². The fourth-order valence-corrected chi connectivity index (χ4v) is 3.35. The Kier molecular flexibility index (Phi) is 7.18. The van der Waals surface area contributed by atoms with Crippen LogP contribution in [0.15, 0.2) is 12.2 Å². The van der Waals surface area contributed by atoms with E-state index < -0.39 is 36.3 Å². The van der Waals surface area contributed by atoms with Gasteiger partial charge in [-0.1, -0.05) is 25.5 Å². The predicted molar refractivity (Wildman–Crippen MR) is 85.8 cm³/mol. The first-order valence-electron chi connectivity index (χ1n) is 8.01. The summed E-state index contributed by atoms with van der Waals surface area (Å²) in [6, 6.07) is -2.00. The summed E-state index contributed by atoms with van der Waals surface area (Å²) in [5.74, 6) is -1.46. The highest BCUT2D eigenvalue weighted by atomic mass is 16.4. The second-order valence-corrected chi connectivity index (χ2v) is 6.20. The van der Waals surface area contributed by atoms with Gasteiger partial charge in [-0.05, 0) is 25.7 Å². The van der Waals surface area contributed by atoms with Crippen LogP contribution in [0.25, 0.3) is 0 Å². The number of carbonyl (C=O) groups excluding carboxylic acids is 1. The first kappa shape index (κ1) is 19.6. The lowest BCUT2D eigenvalue weighted by molar-refractivity contribution is -0.139. The summed E-state index contributed by atoms with van der Waals surface area (Å²) in [5.41, 5.74) is -1.51. The van der Waals surface area contributed by atoms with Crippen LogP contribution in [-0.4, -0.2) is 57.5 Å². The van der Waals surface area contributed by atoms with E-state index in [4.69, 9.17) is 0 Å². The van der Waals surface area contributed by atoms with Gasteiger partial charge in [-0.25, -0.2) is 0 Å². The van der Waals surface area contributed by atoms with Crippen molar-refractivity contribution in [2.45, 2.75) is 63.8 Å². The second-order valence-electron chi connectivity index (χ2n) is 6.20. The van der Waals surface area contributed by atoms with Crippen molar-refractivity contribution in [3.63, 3.8) is 0 Å². The Morgan fingerprint density at radius 2 is 2.13 bits per heavy atom. The molecule has 0 spiro atoms. The van der Waals surface area contributed by atoms with E-state index in [0.717, 1.165) is 0 Å². The van der Waals surface area contributed by atoms with Crippen molar-refractivity contribution in [1.29, 1.82) is 0 Å². The molecule has 7 nitrogen and oxygen atoms in total. The Balaban J connectivity index is 3.16. The van der Waals surface area contributed by atoms with Crippen LogP contribution in [0.2, 0.25) is 0 Å². The molecule has 0 aromatic rings. The Labute approximate surface area is 136 Å². The molecule has 5 atom stereocenters. The van der Waals surface area contributed by atoms with Crippen molar-refractivity contribution < 1.29 is 24.9 Å². The quantitative estimate of drug-likeness (QED) is 0.401.